The van der Waals surface area contributed by atoms with Crippen molar-refractivity contribution in [2.75, 3.05) is 18.7 Å². The van der Waals surface area contributed by atoms with Gasteiger partial charge in [-0.3, -0.25) is 9.59 Å². The average molecular weight is 511 g/mol. The minimum Gasteiger partial charge on any atom is -0.462 e. The second kappa shape index (κ2) is 11.7. The number of amides is 2. The smallest absolute Gasteiger partial charge is 0.338 e. The first kappa shape index (κ1) is 25.2. The highest BCUT2D eigenvalue weighted by molar-refractivity contribution is 8.15. The minimum atomic E-state index is -0.661. The van der Waals surface area contributed by atoms with Crippen LogP contribution in [0.25, 0.3) is 0 Å². The number of anilines is 1. The molecule has 2 aliphatic rings. The van der Waals surface area contributed by atoms with Crippen molar-refractivity contribution in [3.05, 3.63) is 53.6 Å². The SMILES string of the molecule is CCOC(=O)c1ccc(NC(=O)C2CC(=O)NC(=NN=C(C)CCc3ccc4c(c3)OCO4)S2)cc1. The van der Waals surface area contributed by atoms with Gasteiger partial charge in [-0.1, -0.05) is 17.8 Å². The summed E-state index contributed by atoms with van der Waals surface area (Å²) < 4.78 is 15.7. The normalized spacial score (nSPS) is 18.1. The number of thioether (sulfide) groups is 1. The Kier molecular flexibility index (Phi) is 8.21. The number of nitrogens with one attached hydrogen (secondary N) is 2. The van der Waals surface area contributed by atoms with Crippen LogP contribution in [-0.2, 0) is 20.7 Å². The van der Waals surface area contributed by atoms with Crippen LogP contribution in [-0.4, -0.2) is 47.3 Å². The maximum Gasteiger partial charge on any atom is 0.338 e. The molecule has 188 valence electrons. The number of fused-ring (bicyclic) bond motifs is 1. The summed E-state index contributed by atoms with van der Waals surface area (Å²) in [7, 11) is 0. The van der Waals surface area contributed by atoms with Gasteiger partial charge >= 0.3 is 5.97 Å². The molecule has 0 radical (unpaired) electrons. The third-order valence-corrected chi connectivity index (χ3v) is 6.42. The third kappa shape index (κ3) is 6.63. The van der Waals surface area contributed by atoms with Gasteiger partial charge in [0.05, 0.1) is 12.2 Å². The Labute approximate surface area is 212 Å². The molecule has 1 atom stereocenters. The van der Waals surface area contributed by atoms with Crippen molar-refractivity contribution in [3.8, 4) is 11.5 Å². The first-order chi connectivity index (χ1) is 17.4. The number of ether oxygens (including phenoxy) is 3. The maximum atomic E-state index is 12.7. The van der Waals surface area contributed by atoms with Gasteiger partial charge in [0.2, 0.25) is 18.6 Å². The van der Waals surface area contributed by atoms with E-state index in [0.717, 1.165) is 41.0 Å². The van der Waals surface area contributed by atoms with E-state index in [4.69, 9.17) is 14.2 Å². The van der Waals surface area contributed by atoms with E-state index in [1.807, 2.05) is 25.1 Å². The van der Waals surface area contributed by atoms with Crippen LogP contribution in [0.2, 0.25) is 0 Å². The van der Waals surface area contributed by atoms with Gasteiger partial charge in [-0.2, -0.15) is 5.10 Å². The fraction of sp³-hybridized carbons (Fsp3) is 0.320. The average Bonchev–Trinajstić information content (AvgIpc) is 3.34. The molecule has 0 aliphatic carbocycles. The summed E-state index contributed by atoms with van der Waals surface area (Å²) in [5, 5.41) is 13.4. The number of hydrogen-bond donors (Lipinski definition) is 2. The van der Waals surface area contributed by atoms with Crippen LogP contribution in [0.15, 0.2) is 52.7 Å². The minimum absolute atomic E-state index is 0.0171. The highest BCUT2D eigenvalue weighted by Crippen LogP contribution is 2.32. The molecule has 2 amide bonds. The van der Waals surface area contributed by atoms with E-state index in [9.17, 15) is 14.4 Å². The lowest BCUT2D eigenvalue weighted by molar-refractivity contribution is -0.123. The maximum absolute atomic E-state index is 12.7. The van der Waals surface area contributed by atoms with Crippen LogP contribution in [0.4, 0.5) is 5.69 Å². The predicted octanol–water partition coefficient (Wildman–Crippen LogP) is 3.52. The van der Waals surface area contributed by atoms with Crippen molar-refractivity contribution in [2.24, 2.45) is 10.2 Å². The summed E-state index contributed by atoms with van der Waals surface area (Å²) >= 11 is 1.14. The molecule has 10 nitrogen and oxygen atoms in total. The number of rotatable bonds is 8. The zero-order chi connectivity index (χ0) is 25.5. The summed E-state index contributed by atoms with van der Waals surface area (Å²) in [6.45, 7) is 4.11. The zero-order valence-electron chi connectivity index (χ0n) is 19.9. The molecule has 11 heteroatoms. The molecule has 2 aromatic carbocycles. The molecular weight excluding hydrogens is 484 g/mol. The quantitative estimate of drug-likeness (QED) is 0.316. The zero-order valence-corrected chi connectivity index (χ0v) is 20.7. The van der Waals surface area contributed by atoms with Crippen LogP contribution >= 0.6 is 11.8 Å². The van der Waals surface area contributed by atoms with Crippen molar-refractivity contribution in [3.63, 3.8) is 0 Å². The lowest BCUT2D eigenvalue weighted by Crippen LogP contribution is -2.41. The van der Waals surface area contributed by atoms with Crippen molar-refractivity contribution < 1.29 is 28.6 Å². The number of esters is 1. The van der Waals surface area contributed by atoms with Crippen molar-refractivity contribution in [1.82, 2.24) is 5.32 Å². The Morgan fingerprint density at radius 2 is 1.94 bits per heavy atom. The largest absolute Gasteiger partial charge is 0.462 e. The number of benzene rings is 2. The second-order valence-electron chi connectivity index (χ2n) is 8.07. The molecule has 0 spiro atoms. The number of amidine groups is 1. The van der Waals surface area contributed by atoms with Gasteiger partial charge in [-0.05, 0) is 68.7 Å². The summed E-state index contributed by atoms with van der Waals surface area (Å²) in [5.74, 6) is 0.409. The van der Waals surface area contributed by atoms with Gasteiger partial charge in [0.15, 0.2) is 16.7 Å². The van der Waals surface area contributed by atoms with Crippen molar-refractivity contribution >= 4 is 46.1 Å². The Morgan fingerprint density at radius 1 is 1.17 bits per heavy atom. The van der Waals surface area contributed by atoms with Gasteiger partial charge in [0, 0.05) is 17.8 Å². The van der Waals surface area contributed by atoms with E-state index in [0.29, 0.717) is 17.7 Å². The number of hydrogen-bond acceptors (Lipinski definition) is 9. The fourth-order valence-corrected chi connectivity index (χ4v) is 4.40. The Hall–Kier alpha value is -3.86. The molecular formula is C25H26N4O6S. The molecule has 1 unspecified atom stereocenters. The molecule has 0 aromatic heterocycles. The highest BCUT2D eigenvalue weighted by Gasteiger charge is 2.30. The lowest BCUT2D eigenvalue weighted by atomic mass is 10.1. The molecule has 0 bridgehead atoms. The number of carbonyl (C=O) groups is 3. The van der Waals surface area contributed by atoms with Gasteiger partial charge in [0.1, 0.15) is 5.25 Å². The standard InChI is InChI=1S/C25H26N4O6S/c1-3-33-24(32)17-7-9-18(10-8-17)26-23(31)21-13-22(30)27-25(36-21)29-28-15(2)4-5-16-6-11-19-20(12-16)35-14-34-19/h6-12,21H,3-5,13-14H2,1-2H3,(H,26,31)(H,27,29,30). The topological polar surface area (TPSA) is 128 Å². The summed E-state index contributed by atoms with van der Waals surface area (Å²) in [5.41, 5.74) is 2.77. The van der Waals surface area contributed by atoms with Crippen LogP contribution in [0.5, 0.6) is 11.5 Å². The van der Waals surface area contributed by atoms with Crippen molar-refractivity contribution in [1.29, 1.82) is 0 Å². The van der Waals surface area contributed by atoms with E-state index in [1.165, 1.54) is 0 Å². The first-order valence-electron chi connectivity index (χ1n) is 11.5. The predicted molar refractivity (Wildman–Crippen MR) is 137 cm³/mol. The molecule has 2 aliphatic heterocycles. The molecule has 1 fully saturated rings. The molecule has 4 rings (SSSR count). The number of nitrogens with zero attached hydrogens (tertiary/aromatic N) is 2. The van der Waals surface area contributed by atoms with E-state index >= 15 is 0 Å². The monoisotopic (exact) mass is 510 g/mol. The van der Waals surface area contributed by atoms with Gasteiger partial charge < -0.3 is 24.8 Å². The fourth-order valence-electron chi connectivity index (χ4n) is 3.47. The molecule has 1 saturated heterocycles. The highest BCUT2D eigenvalue weighted by atomic mass is 32.2. The van der Waals surface area contributed by atoms with Crippen LogP contribution < -0.4 is 20.1 Å². The number of aryl methyl sites for hydroxylation is 1. The summed E-state index contributed by atoms with van der Waals surface area (Å²) in [6, 6.07) is 12.2. The molecule has 36 heavy (non-hydrogen) atoms. The van der Waals surface area contributed by atoms with Gasteiger partial charge in [-0.25, -0.2) is 4.79 Å². The van der Waals surface area contributed by atoms with E-state index in [-0.39, 0.29) is 36.8 Å². The van der Waals surface area contributed by atoms with Gasteiger partial charge in [-0.15, -0.1) is 5.10 Å². The summed E-state index contributed by atoms with van der Waals surface area (Å²) in [6.07, 6.45) is 1.43. The Balaban J connectivity index is 1.32. The van der Waals surface area contributed by atoms with Crippen LogP contribution in [0.1, 0.15) is 42.6 Å². The Morgan fingerprint density at radius 3 is 2.72 bits per heavy atom. The van der Waals surface area contributed by atoms with Gasteiger partial charge in [0.25, 0.3) is 0 Å². The number of carbonyl (C=O) groups excluding carboxylic acids is 3. The van der Waals surface area contributed by atoms with Crippen LogP contribution in [0.3, 0.4) is 0 Å². The van der Waals surface area contributed by atoms with E-state index in [2.05, 4.69) is 20.8 Å². The second-order valence-corrected chi connectivity index (χ2v) is 9.27. The van der Waals surface area contributed by atoms with E-state index < -0.39 is 11.2 Å². The van der Waals surface area contributed by atoms with Crippen LogP contribution in [0, 0.1) is 0 Å². The summed E-state index contributed by atoms with van der Waals surface area (Å²) in [4.78, 5) is 36.7. The van der Waals surface area contributed by atoms with Crippen molar-refractivity contribution in [2.45, 2.75) is 38.4 Å². The third-order valence-electron chi connectivity index (χ3n) is 5.35. The molecule has 2 N–H and O–H groups in total. The Bertz CT molecular complexity index is 1210. The molecule has 0 saturated carbocycles. The molecule has 2 aromatic rings. The molecule has 2 heterocycles. The lowest BCUT2D eigenvalue weighted by Gasteiger charge is -2.21. The first-order valence-corrected chi connectivity index (χ1v) is 12.3. The van der Waals surface area contributed by atoms with E-state index in [1.54, 1.807) is 31.2 Å².